The predicted octanol–water partition coefficient (Wildman–Crippen LogP) is 4.73. The average Bonchev–Trinajstić information content (AvgIpc) is 2.46. The van der Waals surface area contributed by atoms with E-state index in [0.29, 0.717) is 10.6 Å². The molecule has 0 saturated carbocycles. The van der Waals surface area contributed by atoms with E-state index in [4.69, 9.17) is 11.6 Å². The lowest BCUT2D eigenvalue weighted by atomic mass is 9.97. The summed E-state index contributed by atoms with van der Waals surface area (Å²) in [5, 5.41) is 13.2. The molecule has 20 heavy (non-hydrogen) atoms. The molecule has 0 radical (unpaired) electrons. The van der Waals surface area contributed by atoms with Crippen LogP contribution in [0.2, 0.25) is 5.02 Å². The molecule has 4 heteroatoms. The summed E-state index contributed by atoms with van der Waals surface area (Å²) in [4.78, 5) is 4.10. The first-order valence-corrected chi connectivity index (χ1v) is 7.29. The Morgan fingerprint density at radius 2 is 1.95 bits per heavy atom. The standard InChI is InChI=1S/C16H11BrClNO/c17-11-4-5-14(15(18)8-11)16(20)13-3-1-2-10-9-19-7-6-12(10)13/h1-9,16,20H. The maximum Gasteiger partial charge on any atom is 0.106 e. The second-order valence-electron chi connectivity index (χ2n) is 4.51. The lowest BCUT2D eigenvalue weighted by Gasteiger charge is -2.15. The van der Waals surface area contributed by atoms with E-state index in [2.05, 4.69) is 20.9 Å². The summed E-state index contributed by atoms with van der Waals surface area (Å²) in [7, 11) is 0. The highest BCUT2D eigenvalue weighted by molar-refractivity contribution is 9.10. The van der Waals surface area contributed by atoms with Crippen LogP contribution in [-0.2, 0) is 0 Å². The normalized spacial score (nSPS) is 12.6. The molecule has 2 nitrogen and oxygen atoms in total. The second kappa shape index (κ2) is 5.52. The maximum absolute atomic E-state index is 10.6. The summed E-state index contributed by atoms with van der Waals surface area (Å²) < 4.78 is 0.889. The van der Waals surface area contributed by atoms with E-state index in [1.54, 1.807) is 18.5 Å². The summed E-state index contributed by atoms with van der Waals surface area (Å²) in [6, 6.07) is 13.2. The van der Waals surface area contributed by atoms with Gasteiger partial charge in [0.25, 0.3) is 0 Å². The minimum Gasteiger partial charge on any atom is -0.384 e. The van der Waals surface area contributed by atoms with Gasteiger partial charge in [0.15, 0.2) is 0 Å². The smallest absolute Gasteiger partial charge is 0.106 e. The summed E-state index contributed by atoms with van der Waals surface area (Å²) in [5.74, 6) is 0. The first kappa shape index (κ1) is 13.6. The van der Waals surface area contributed by atoms with Crippen molar-refractivity contribution in [3.63, 3.8) is 0 Å². The van der Waals surface area contributed by atoms with Crippen molar-refractivity contribution in [2.24, 2.45) is 0 Å². The van der Waals surface area contributed by atoms with Crippen LogP contribution in [0, 0.1) is 0 Å². The van der Waals surface area contributed by atoms with Crippen LogP contribution in [0.4, 0.5) is 0 Å². The Bertz CT molecular complexity index is 770. The third-order valence-corrected chi connectivity index (χ3v) is 4.09. The van der Waals surface area contributed by atoms with E-state index in [0.717, 1.165) is 20.8 Å². The number of hydrogen-bond donors (Lipinski definition) is 1. The molecule has 0 aliphatic heterocycles. The van der Waals surface area contributed by atoms with Gasteiger partial charge >= 0.3 is 0 Å². The molecule has 0 spiro atoms. The number of aliphatic hydroxyl groups excluding tert-OH is 1. The molecule has 0 aliphatic rings. The highest BCUT2D eigenvalue weighted by Crippen LogP contribution is 2.33. The minimum absolute atomic E-state index is 0.540. The molecule has 3 aromatic rings. The Labute approximate surface area is 130 Å². The number of aliphatic hydroxyl groups is 1. The monoisotopic (exact) mass is 347 g/mol. The molecule has 3 rings (SSSR count). The molecule has 100 valence electrons. The minimum atomic E-state index is -0.762. The van der Waals surface area contributed by atoms with Crippen LogP contribution in [0.3, 0.4) is 0 Å². The van der Waals surface area contributed by atoms with Gasteiger partial charge in [-0.1, -0.05) is 51.8 Å². The largest absolute Gasteiger partial charge is 0.384 e. The molecule has 1 aromatic heterocycles. The highest BCUT2D eigenvalue weighted by Gasteiger charge is 2.16. The number of hydrogen-bond acceptors (Lipinski definition) is 2. The van der Waals surface area contributed by atoms with Gasteiger partial charge in [0.1, 0.15) is 6.10 Å². The molecule has 2 aromatic carbocycles. The third kappa shape index (κ3) is 2.44. The summed E-state index contributed by atoms with van der Waals surface area (Å²) in [5.41, 5.74) is 1.52. The van der Waals surface area contributed by atoms with Crippen molar-refractivity contribution < 1.29 is 5.11 Å². The Balaban J connectivity index is 2.15. The molecule has 1 heterocycles. The fourth-order valence-corrected chi connectivity index (χ4v) is 3.05. The van der Waals surface area contributed by atoms with Gasteiger partial charge in [0.2, 0.25) is 0 Å². The number of rotatable bonds is 2. The number of halogens is 2. The topological polar surface area (TPSA) is 33.1 Å². The fourth-order valence-electron chi connectivity index (χ4n) is 2.28. The van der Waals surface area contributed by atoms with Crippen molar-refractivity contribution in [1.82, 2.24) is 4.98 Å². The van der Waals surface area contributed by atoms with Crippen molar-refractivity contribution in [2.45, 2.75) is 6.10 Å². The third-order valence-electron chi connectivity index (χ3n) is 3.27. The van der Waals surface area contributed by atoms with Gasteiger partial charge in [-0.05, 0) is 29.1 Å². The van der Waals surface area contributed by atoms with Gasteiger partial charge in [-0.2, -0.15) is 0 Å². The van der Waals surface area contributed by atoms with E-state index < -0.39 is 6.10 Å². The molecule has 0 fully saturated rings. The SMILES string of the molecule is OC(c1ccc(Br)cc1Cl)c1cccc2cnccc12. The van der Waals surface area contributed by atoms with E-state index >= 15 is 0 Å². The van der Waals surface area contributed by atoms with Crippen LogP contribution in [0.1, 0.15) is 17.2 Å². The van der Waals surface area contributed by atoms with Crippen molar-refractivity contribution in [3.05, 3.63) is 75.5 Å². The molecule has 1 N–H and O–H groups in total. The van der Waals surface area contributed by atoms with Gasteiger partial charge in [-0.25, -0.2) is 0 Å². The zero-order valence-corrected chi connectivity index (χ0v) is 12.8. The average molecular weight is 349 g/mol. The Kier molecular flexibility index (Phi) is 3.74. The summed E-state index contributed by atoms with van der Waals surface area (Å²) in [6.45, 7) is 0. The lowest BCUT2D eigenvalue weighted by Crippen LogP contribution is -2.01. The Morgan fingerprint density at radius 1 is 1.10 bits per heavy atom. The van der Waals surface area contributed by atoms with Crippen LogP contribution in [0.25, 0.3) is 10.8 Å². The summed E-state index contributed by atoms with van der Waals surface area (Å²) >= 11 is 9.59. The van der Waals surface area contributed by atoms with E-state index in [1.165, 1.54) is 0 Å². The molecular formula is C16H11BrClNO. The van der Waals surface area contributed by atoms with Gasteiger partial charge in [-0.15, -0.1) is 0 Å². The Morgan fingerprint density at radius 3 is 2.75 bits per heavy atom. The molecular weight excluding hydrogens is 338 g/mol. The lowest BCUT2D eigenvalue weighted by molar-refractivity contribution is 0.222. The second-order valence-corrected chi connectivity index (χ2v) is 5.84. The predicted molar refractivity (Wildman–Crippen MR) is 85.0 cm³/mol. The van der Waals surface area contributed by atoms with Crippen molar-refractivity contribution >= 4 is 38.3 Å². The molecule has 1 atom stereocenters. The number of aromatic nitrogens is 1. The van der Waals surface area contributed by atoms with Crippen LogP contribution in [0.5, 0.6) is 0 Å². The number of benzene rings is 2. The first-order chi connectivity index (χ1) is 9.66. The molecule has 0 aliphatic carbocycles. The van der Waals surface area contributed by atoms with Crippen LogP contribution >= 0.6 is 27.5 Å². The van der Waals surface area contributed by atoms with Crippen LogP contribution < -0.4 is 0 Å². The van der Waals surface area contributed by atoms with Gasteiger partial charge < -0.3 is 5.11 Å². The zero-order valence-electron chi connectivity index (χ0n) is 10.4. The number of pyridine rings is 1. The number of fused-ring (bicyclic) bond motifs is 1. The van der Waals surface area contributed by atoms with Gasteiger partial charge in [0.05, 0.1) is 0 Å². The molecule has 0 bridgehead atoms. The fraction of sp³-hybridized carbons (Fsp3) is 0.0625. The van der Waals surface area contributed by atoms with Gasteiger partial charge in [-0.3, -0.25) is 4.98 Å². The van der Waals surface area contributed by atoms with Crippen molar-refractivity contribution in [1.29, 1.82) is 0 Å². The zero-order chi connectivity index (χ0) is 14.1. The summed E-state index contributed by atoms with van der Waals surface area (Å²) in [6.07, 6.45) is 2.75. The maximum atomic E-state index is 10.6. The van der Waals surface area contributed by atoms with Crippen molar-refractivity contribution in [2.75, 3.05) is 0 Å². The highest BCUT2D eigenvalue weighted by atomic mass is 79.9. The van der Waals surface area contributed by atoms with Crippen molar-refractivity contribution in [3.8, 4) is 0 Å². The molecule has 0 saturated heterocycles. The molecule has 0 amide bonds. The molecule has 1 unspecified atom stereocenters. The van der Waals surface area contributed by atoms with Gasteiger partial charge in [0, 0.05) is 32.8 Å². The quantitative estimate of drug-likeness (QED) is 0.726. The first-order valence-electron chi connectivity index (χ1n) is 6.12. The number of nitrogens with zero attached hydrogens (tertiary/aromatic N) is 1. The van der Waals surface area contributed by atoms with E-state index in [9.17, 15) is 5.11 Å². The van der Waals surface area contributed by atoms with E-state index in [1.807, 2.05) is 36.4 Å². The van der Waals surface area contributed by atoms with Crippen LogP contribution in [-0.4, -0.2) is 10.1 Å². The van der Waals surface area contributed by atoms with Crippen LogP contribution in [0.15, 0.2) is 59.3 Å². The Hall–Kier alpha value is -1.42. The van der Waals surface area contributed by atoms with E-state index in [-0.39, 0.29) is 0 Å².